The number of hydrogen-bond donors (Lipinski definition) is 0. The van der Waals surface area contributed by atoms with E-state index in [0.29, 0.717) is 28.4 Å². The molecular formula is C20H19ClN4O. The molecule has 0 radical (unpaired) electrons. The predicted octanol–water partition coefficient (Wildman–Crippen LogP) is 5.51. The molecule has 0 saturated heterocycles. The van der Waals surface area contributed by atoms with Gasteiger partial charge in [-0.2, -0.15) is 0 Å². The molecule has 2 rings (SSSR count). The Morgan fingerprint density at radius 1 is 1.19 bits per heavy atom. The van der Waals surface area contributed by atoms with Gasteiger partial charge in [0.1, 0.15) is 0 Å². The predicted molar refractivity (Wildman–Crippen MR) is 107 cm³/mol. The molecule has 0 aliphatic carbocycles. The molecule has 0 aromatic heterocycles. The zero-order chi connectivity index (χ0) is 19.1. The van der Waals surface area contributed by atoms with Crippen LogP contribution in [0.25, 0.3) is 22.1 Å². The summed E-state index contributed by atoms with van der Waals surface area (Å²) in [6.07, 6.45) is 1.81. The largest absolute Gasteiger partial charge is 0.305 e. The molecule has 0 saturated carbocycles. The number of likely N-dealkylation sites (N-methyl/N-ethyl adjacent to an activating group) is 1. The van der Waals surface area contributed by atoms with Crippen molar-refractivity contribution in [3.05, 3.63) is 87.3 Å². The van der Waals surface area contributed by atoms with E-state index in [2.05, 4.69) is 16.6 Å². The molecule has 0 spiro atoms. The fraction of sp³-hybridized carbons (Fsp3) is 0.150. The molecule has 2 aromatic rings. The van der Waals surface area contributed by atoms with Gasteiger partial charge in [0.25, 0.3) is 0 Å². The minimum Gasteiger partial charge on any atom is -0.305 e. The van der Waals surface area contributed by atoms with Gasteiger partial charge in [-0.3, -0.25) is 4.79 Å². The molecule has 2 aromatic carbocycles. The van der Waals surface area contributed by atoms with Crippen LogP contribution in [0.2, 0.25) is 5.02 Å². The number of Topliss-reactive ketones (excluding diaryl/α,β-unsaturated/α-hetero) is 1. The highest BCUT2D eigenvalue weighted by Gasteiger charge is 2.16. The van der Waals surface area contributed by atoms with Crippen molar-refractivity contribution in [3.63, 3.8) is 0 Å². The topological polar surface area (TPSA) is 69.1 Å². The van der Waals surface area contributed by atoms with Crippen molar-refractivity contribution in [2.24, 2.45) is 5.11 Å². The second-order valence-electron chi connectivity index (χ2n) is 6.02. The van der Waals surface area contributed by atoms with Gasteiger partial charge in [0.2, 0.25) is 0 Å². The summed E-state index contributed by atoms with van der Waals surface area (Å²) in [4.78, 5) is 17.6. The van der Waals surface area contributed by atoms with E-state index in [1.54, 1.807) is 36.4 Å². The SMILES string of the molecule is C=C(CN(C)C)C(=O)/C(=C/c1ccc(Cl)cc1)c1ccc(N=[N+]=[N-])cc1. The standard InChI is InChI=1S/C20H19ClN4O/c1-14(13-25(2)3)20(26)19(12-15-4-8-17(21)9-5-15)16-6-10-18(11-7-16)23-24-22/h4-12H,1,13H2,2-3H3/b19-12+. The summed E-state index contributed by atoms with van der Waals surface area (Å²) >= 11 is 5.94. The molecule has 0 unspecified atom stereocenters. The lowest BCUT2D eigenvalue weighted by molar-refractivity contribution is -0.110. The molecule has 132 valence electrons. The van der Waals surface area contributed by atoms with E-state index in [4.69, 9.17) is 17.1 Å². The van der Waals surface area contributed by atoms with Crippen LogP contribution in [0, 0.1) is 0 Å². The van der Waals surface area contributed by atoms with Crippen LogP contribution in [0.3, 0.4) is 0 Å². The molecule has 0 fully saturated rings. The Bertz CT molecular complexity index is 877. The average molecular weight is 367 g/mol. The monoisotopic (exact) mass is 366 g/mol. The van der Waals surface area contributed by atoms with Crippen molar-refractivity contribution in [1.29, 1.82) is 0 Å². The van der Waals surface area contributed by atoms with Gasteiger partial charge in [-0.1, -0.05) is 59.7 Å². The van der Waals surface area contributed by atoms with Gasteiger partial charge in [0.05, 0.1) is 0 Å². The highest BCUT2D eigenvalue weighted by Crippen LogP contribution is 2.25. The summed E-state index contributed by atoms with van der Waals surface area (Å²) in [6, 6.07) is 14.1. The molecule has 0 aliphatic heterocycles. The Balaban J connectivity index is 2.46. The quantitative estimate of drug-likeness (QED) is 0.213. The number of halogens is 1. The lowest BCUT2D eigenvalue weighted by atomic mass is 9.95. The van der Waals surface area contributed by atoms with E-state index in [1.165, 1.54) is 0 Å². The number of azide groups is 1. The van der Waals surface area contributed by atoms with Crippen molar-refractivity contribution in [2.75, 3.05) is 20.6 Å². The summed E-state index contributed by atoms with van der Waals surface area (Å²) in [5, 5.41) is 4.19. The van der Waals surface area contributed by atoms with Gasteiger partial charge in [-0.05, 0) is 49.0 Å². The van der Waals surface area contributed by atoms with Gasteiger partial charge >= 0.3 is 0 Å². The van der Waals surface area contributed by atoms with Crippen LogP contribution in [0.1, 0.15) is 11.1 Å². The van der Waals surface area contributed by atoms with Crippen molar-refractivity contribution >= 4 is 34.7 Å². The van der Waals surface area contributed by atoms with Crippen LogP contribution in [-0.2, 0) is 4.79 Å². The maximum absolute atomic E-state index is 13.0. The zero-order valence-electron chi connectivity index (χ0n) is 14.7. The van der Waals surface area contributed by atoms with E-state index < -0.39 is 0 Å². The molecule has 26 heavy (non-hydrogen) atoms. The lowest BCUT2D eigenvalue weighted by Crippen LogP contribution is -2.19. The van der Waals surface area contributed by atoms with Crippen LogP contribution in [-0.4, -0.2) is 31.3 Å². The molecule has 5 nitrogen and oxygen atoms in total. The molecular weight excluding hydrogens is 348 g/mol. The first-order valence-corrected chi connectivity index (χ1v) is 8.28. The van der Waals surface area contributed by atoms with Crippen LogP contribution in [0.5, 0.6) is 0 Å². The van der Waals surface area contributed by atoms with E-state index in [0.717, 1.165) is 11.1 Å². The van der Waals surface area contributed by atoms with Crippen molar-refractivity contribution in [3.8, 4) is 0 Å². The van der Waals surface area contributed by atoms with Crippen LogP contribution >= 0.6 is 11.6 Å². The van der Waals surface area contributed by atoms with E-state index >= 15 is 0 Å². The molecule has 0 amide bonds. The molecule has 0 aliphatic rings. The Morgan fingerprint density at radius 2 is 1.81 bits per heavy atom. The third-order valence-corrected chi connectivity index (χ3v) is 3.84. The average Bonchev–Trinajstić information content (AvgIpc) is 2.61. The zero-order valence-corrected chi connectivity index (χ0v) is 15.4. The molecule has 6 heteroatoms. The fourth-order valence-corrected chi connectivity index (χ4v) is 2.53. The summed E-state index contributed by atoms with van der Waals surface area (Å²) in [7, 11) is 3.77. The second-order valence-corrected chi connectivity index (χ2v) is 6.45. The minimum absolute atomic E-state index is 0.134. The van der Waals surface area contributed by atoms with Crippen LogP contribution < -0.4 is 0 Å². The first-order chi connectivity index (χ1) is 12.4. The van der Waals surface area contributed by atoms with Crippen LogP contribution in [0.15, 0.2) is 65.8 Å². The van der Waals surface area contributed by atoms with Crippen molar-refractivity contribution in [1.82, 2.24) is 4.90 Å². The van der Waals surface area contributed by atoms with Crippen molar-refractivity contribution in [2.45, 2.75) is 0 Å². The third kappa shape index (κ3) is 5.33. The third-order valence-electron chi connectivity index (χ3n) is 3.59. The first-order valence-electron chi connectivity index (χ1n) is 7.90. The number of carbonyl (C=O) groups excluding carboxylic acids is 1. The number of nitrogens with zero attached hydrogens (tertiary/aromatic N) is 4. The molecule has 0 N–H and O–H groups in total. The molecule has 0 heterocycles. The number of hydrogen-bond acceptors (Lipinski definition) is 3. The summed E-state index contributed by atoms with van der Waals surface area (Å²) in [5.74, 6) is -0.134. The van der Waals surface area contributed by atoms with E-state index in [9.17, 15) is 4.79 Å². The Labute approximate surface area is 157 Å². The second kappa shape index (κ2) is 9.02. The maximum atomic E-state index is 13.0. The van der Waals surface area contributed by atoms with Gasteiger partial charge in [0, 0.05) is 33.3 Å². The summed E-state index contributed by atoms with van der Waals surface area (Å²) < 4.78 is 0. The van der Waals surface area contributed by atoms with Gasteiger partial charge in [0.15, 0.2) is 5.78 Å². The smallest absolute Gasteiger partial charge is 0.190 e. The van der Waals surface area contributed by atoms with E-state index in [1.807, 2.05) is 37.2 Å². The highest BCUT2D eigenvalue weighted by molar-refractivity contribution is 6.32. The summed E-state index contributed by atoms with van der Waals surface area (Å²) in [5.41, 5.74) is 11.6. The minimum atomic E-state index is -0.134. The number of ketones is 1. The van der Waals surface area contributed by atoms with E-state index in [-0.39, 0.29) is 5.78 Å². The number of benzene rings is 2. The van der Waals surface area contributed by atoms with Gasteiger partial charge in [-0.25, -0.2) is 0 Å². The Hall–Kier alpha value is -2.85. The number of carbonyl (C=O) groups is 1. The molecule has 0 bridgehead atoms. The highest BCUT2D eigenvalue weighted by atomic mass is 35.5. The number of allylic oxidation sites excluding steroid dienone is 1. The fourth-order valence-electron chi connectivity index (χ4n) is 2.41. The van der Waals surface area contributed by atoms with Crippen molar-refractivity contribution < 1.29 is 4.79 Å². The van der Waals surface area contributed by atoms with Gasteiger partial charge in [-0.15, -0.1) is 0 Å². The Kier molecular flexibility index (Phi) is 6.75. The number of rotatable bonds is 7. The maximum Gasteiger partial charge on any atom is 0.190 e. The normalized spacial score (nSPS) is 11.2. The first kappa shape index (κ1) is 19.5. The van der Waals surface area contributed by atoms with Crippen LogP contribution in [0.4, 0.5) is 5.69 Å². The Morgan fingerprint density at radius 3 is 2.35 bits per heavy atom. The lowest BCUT2D eigenvalue weighted by Gasteiger charge is -2.14. The molecule has 0 atom stereocenters. The van der Waals surface area contributed by atoms with Gasteiger partial charge < -0.3 is 4.90 Å². The summed E-state index contributed by atoms with van der Waals surface area (Å²) in [6.45, 7) is 4.39.